The lowest BCUT2D eigenvalue weighted by Crippen LogP contribution is -2.53. The summed E-state index contributed by atoms with van der Waals surface area (Å²) in [5.41, 5.74) is -3.25. The minimum Gasteiger partial charge on any atom is -0.496 e. The largest absolute Gasteiger partial charge is 0.496 e. The average molecular weight is 466 g/mol. The molecule has 9 heteroatoms. The van der Waals surface area contributed by atoms with E-state index in [0.29, 0.717) is 22.5 Å². The second-order valence-electron chi connectivity index (χ2n) is 8.51. The highest BCUT2D eigenvalue weighted by Gasteiger charge is 2.56. The van der Waals surface area contributed by atoms with Crippen LogP contribution < -0.4 is 14.8 Å². The molecule has 0 amide bonds. The number of nitrogens with zero attached hydrogens (tertiary/aromatic N) is 1. The van der Waals surface area contributed by atoms with Gasteiger partial charge in [0.2, 0.25) is 5.88 Å². The summed E-state index contributed by atoms with van der Waals surface area (Å²) in [4.78, 5) is 4.28. The van der Waals surface area contributed by atoms with Crippen molar-refractivity contribution in [3.63, 3.8) is 0 Å². The number of methoxy groups -OCH3 is 2. The normalized spacial score (nSPS) is 14.1. The van der Waals surface area contributed by atoms with Gasteiger partial charge in [-0.1, -0.05) is 19.9 Å². The summed E-state index contributed by atoms with van der Waals surface area (Å²) in [7, 11) is 2.82. The zero-order valence-corrected chi connectivity index (χ0v) is 18.8. The molecule has 5 nitrogen and oxygen atoms in total. The quantitative estimate of drug-likeness (QED) is 0.432. The Morgan fingerprint density at radius 2 is 1.73 bits per heavy atom. The first-order valence-electron chi connectivity index (χ1n) is 10.2. The third-order valence-electron chi connectivity index (χ3n) is 5.64. The van der Waals surface area contributed by atoms with E-state index in [1.165, 1.54) is 40.2 Å². The summed E-state index contributed by atoms with van der Waals surface area (Å²) < 4.78 is 66.5. The highest BCUT2D eigenvalue weighted by atomic mass is 19.4. The van der Waals surface area contributed by atoms with Crippen LogP contribution in [0.25, 0.3) is 10.9 Å². The van der Waals surface area contributed by atoms with Gasteiger partial charge in [0.1, 0.15) is 11.6 Å². The van der Waals surface area contributed by atoms with Crippen LogP contribution in [0.3, 0.4) is 0 Å². The minimum absolute atomic E-state index is 0.231. The number of aliphatic hydroxyl groups is 1. The number of anilines is 1. The molecule has 178 valence electrons. The molecule has 1 atom stereocenters. The number of ether oxygens (including phenoxy) is 2. The highest BCUT2D eigenvalue weighted by molar-refractivity contribution is 5.91. The van der Waals surface area contributed by atoms with Crippen LogP contribution in [0.1, 0.15) is 25.8 Å². The molecule has 0 saturated carbocycles. The van der Waals surface area contributed by atoms with E-state index in [9.17, 15) is 22.7 Å². The van der Waals surface area contributed by atoms with E-state index in [2.05, 4.69) is 10.3 Å². The number of aromatic nitrogens is 1. The number of rotatable bonds is 8. The molecular weight excluding hydrogens is 440 g/mol. The Morgan fingerprint density at radius 3 is 2.36 bits per heavy atom. The SMILES string of the molecule is COc1ccc2c(NCC(O)(CC(C)(C)c3cc(F)ccc3OC)C(F)(F)F)cccc2n1. The van der Waals surface area contributed by atoms with Gasteiger partial charge in [-0.3, -0.25) is 0 Å². The molecule has 2 aromatic carbocycles. The highest BCUT2D eigenvalue weighted by Crippen LogP contribution is 2.44. The van der Waals surface area contributed by atoms with E-state index in [4.69, 9.17) is 9.47 Å². The first kappa shape index (κ1) is 24.6. The Bertz CT molecular complexity index is 1130. The van der Waals surface area contributed by atoms with Crippen LogP contribution in [0.4, 0.5) is 23.2 Å². The predicted octanol–water partition coefficient (Wildman–Crippen LogP) is 5.46. The van der Waals surface area contributed by atoms with Crippen LogP contribution in [0.15, 0.2) is 48.5 Å². The molecule has 33 heavy (non-hydrogen) atoms. The van der Waals surface area contributed by atoms with Crippen molar-refractivity contribution in [2.24, 2.45) is 0 Å². The minimum atomic E-state index is -4.95. The second-order valence-corrected chi connectivity index (χ2v) is 8.51. The van der Waals surface area contributed by atoms with E-state index in [-0.39, 0.29) is 11.3 Å². The van der Waals surface area contributed by atoms with Gasteiger partial charge in [0.25, 0.3) is 0 Å². The van der Waals surface area contributed by atoms with Crippen LogP contribution in [0.5, 0.6) is 11.6 Å². The molecule has 1 unspecified atom stereocenters. The lowest BCUT2D eigenvalue weighted by Gasteiger charge is -2.38. The lowest BCUT2D eigenvalue weighted by molar-refractivity contribution is -0.260. The molecule has 0 aliphatic rings. The van der Waals surface area contributed by atoms with Gasteiger partial charge in [-0.2, -0.15) is 13.2 Å². The maximum Gasteiger partial charge on any atom is 0.418 e. The fourth-order valence-electron chi connectivity index (χ4n) is 3.94. The Kier molecular flexibility index (Phi) is 6.74. The average Bonchev–Trinajstić information content (AvgIpc) is 2.76. The van der Waals surface area contributed by atoms with Crippen LogP contribution in [0, 0.1) is 5.82 Å². The van der Waals surface area contributed by atoms with E-state index in [1.807, 2.05) is 0 Å². The zero-order valence-electron chi connectivity index (χ0n) is 18.8. The Labute approximate surface area is 189 Å². The summed E-state index contributed by atoms with van der Waals surface area (Å²) in [5.74, 6) is 0.0106. The van der Waals surface area contributed by atoms with Crippen molar-refractivity contribution in [1.82, 2.24) is 4.98 Å². The standard InChI is InChI=1S/C24H26F4N2O3/c1-22(2,17-12-15(25)8-10-20(17)32-3)13-23(31,24(26,27)28)14-29-18-6-5-7-19-16(18)9-11-21(30-19)33-4/h5-12,29,31H,13-14H2,1-4H3. The van der Waals surface area contributed by atoms with E-state index in [0.717, 1.165) is 6.07 Å². The van der Waals surface area contributed by atoms with Gasteiger partial charge in [-0.15, -0.1) is 0 Å². The van der Waals surface area contributed by atoms with Gasteiger partial charge >= 0.3 is 6.18 Å². The van der Waals surface area contributed by atoms with Gasteiger partial charge < -0.3 is 19.9 Å². The molecule has 3 rings (SSSR count). The van der Waals surface area contributed by atoms with Crippen molar-refractivity contribution in [3.8, 4) is 11.6 Å². The molecule has 0 aliphatic heterocycles. The molecule has 1 heterocycles. The van der Waals surface area contributed by atoms with Gasteiger partial charge in [-0.25, -0.2) is 9.37 Å². The van der Waals surface area contributed by atoms with Crippen LogP contribution in [-0.4, -0.2) is 42.6 Å². The summed E-state index contributed by atoms with van der Waals surface area (Å²) >= 11 is 0. The van der Waals surface area contributed by atoms with Crippen molar-refractivity contribution < 1.29 is 32.1 Å². The topological polar surface area (TPSA) is 63.6 Å². The number of nitrogens with one attached hydrogen (secondary N) is 1. The van der Waals surface area contributed by atoms with Crippen LogP contribution >= 0.6 is 0 Å². The first-order chi connectivity index (χ1) is 15.4. The summed E-state index contributed by atoms with van der Waals surface area (Å²) in [6, 6.07) is 11.9. The number of pyridine rings is 1. The fraction of sp³-hybridized carbons (Fsp3) is 0.375. The monoisotopic (exact) mass is 466 g/mol. The summed E-state index contributed by atoms with van der Waals surface area (Å²) in [6.07, 6.45) is -5.68. The summed E-state index contributed by atoms with van der Waals surface area (Å²) in [6.45, 7) is 2.20. The fourth-order valence-corrected chi connectivity index (χ4v) is 3.94. The van der Waals surface area contributed by atoms with E-state index in [1.54, 1.807) is 30.3 Å². The first-order valence-corrected chi connectivity index (χ1v) is 10.2. The van der Waals surface area contributed by atoms with Crippen molar-refractivity contribution >= 4 is 16.6 Å². The molecule has 3 aromatic rings. The van der Waals surface area contributed by atoms with Gasteiger partial charge in [0, 0.05) is 22.7 Å². The van der Waals surface area contributed by atoms with E-state index >= 15 is 0 Å². The molecule has 2 N–H and O–H groups in total. The maximum atomic E-state index is 14.1. The van der Waals surface area contributed by atoms with E-state index < -0.39 is 36.0 Å². The van der Waals surface area contributed by atoms with Gasteiger partial charge in [0.15, 0.2) is 5.60 Å². The number of alkyl halides is 3. The molecule has 0 fully saturated rings. The number of halogens is 4. The van der Waals surface area contributed by atoms with Crippen molar-refractivity contribution in [2.45, 2.75) is 37.5 Å². The number of hydrogen-bond donors (Lipinski definition) is 2. The van der Waals surface area contributed by atoms with Gasteiger partial charge in [-0.05, 0) is 48.2 Å². The molecule has 1 aromatic heterocycles. The third-order valence-corrected chi connectivity index (χ3v) is 5.64. The van der Waals surface area contributed by atoms with Crippen molar-refractivity contribution in [1.29, 1.82) is 0 Å². The summed E-state index contributed by atoms with van der Waals surface area (Å²) in [5, 5.41) is 14.1. The number of hydrogen-bond acceptors (Lipinski definition) is 5. The van der Waals surface area contributed by atoms with Crippen molar-refractivity contribution in [2.75, 3.05) is 26.1 Å². The zero-order chi connectivity index (χ0) is 24.4. The molecule has 0 spiro atoms. The lowest BCUT2D eigenvalue weighted by atomic mass is 9.74. The third kappa shape index (κ3) is 5.13. The maximum absolute atomic E-state index is 14.1. The predicted molar refractivity (Wildman–Crippen MR) is 118 cm³/mol. The molecule has 0 saturated heterocycles. The smallest absolute Gasteiger partial charge is 0.418 e. The molecule has 0 bridgehead atoms. The van der Waals surface area contributed by atoms with Crippen LogP contribution in [-0.2, 0) is 5.41 Å². The Hall–Kier alpha value is -3.07. The number of benzene rings is 2. The molecular formula is C24H26F4N2O3. The van der Waals surface area contributed by atoms with Crippen molar-refractivity contribution in [3.05, 3.63) is 59.9 Å². The van der Waals surface area contributed by atoms with Gasteiger partial charge in [0.05, 0.1) is 26.3 Å². The Morgan fingerprint density at radius 1 is 1.00 bits per heavy atom. The van der Waals surface area contributed by atoms with Crippen LogP contribution in [0.2, 0.25) is 0 Å². The molecule has 0 radical (unpaired) electrons. The Balaban J connectivity index is 1.93. The second kappa shape index (κ2) is 9.05. The molecule has 0 aliphatic carbocycles. The number of fused-ring (bicyclic) bond motifs is 1.